The van der Waals surface area contributed by atoms with Crippen LogP contribution in [0.2, 0.25) is 0 Å². The van der Waals surface area contributed by atoms with Gasteiger partial charge in [0.15, 0.2) is 5.96 Å². The normalized spacial score (nSPS) is 17.5. The summed E-state index contributed by atoms with van der Waals surface area (Å²) in [7, 11) is 1.79. The van der Waals surface area contributed by atoms with Crippen molar-refractivity contribution < 1.29 is 4.42 Å². The fourth-order valence-corrected chi connectivity index (χ4v) is 3.66. The molecular weight excluding hydrogens is 350 g/mol. The smallest absolute Gasteiger partial charge is 0.214 e. The Kier molecular flexibility index (Phi) is 7.09. The molecule has 0 bridgehead atoms. The standard InChI is InChI=1S/C22H33N5O/c1-16-10-12-27(13-11-16)20(19-8-6-5-7-9-19)14-24-22(23-4)25-15-21-26-17(2)18(3)28-21/h5-9,16,20H,10-15H2,1-4H3,(H2,23,24,25). The molecule has 3 rings (SSSR count). The lowest BCUT2D eigenvalue weighted by Crippen LogP contribution is -2.45. The predicted octanol–water partition coefficient (Wildman–Crippen LogP) is 3.43. The third-order valence-corrected chi connectivity index (χ3v) is 5.61. The first kappa shape index (κ1) is 20.4. The van der Waals surface area contributed by atoms with Crippen LogP contribution in [0.15, 0.2) is 39.7 Å². The van der Waals surface area contributed by atoms with Crippen molar-refractivity contribution in [1.29, 1.82) is 0 Å². The molecule has 1 saturated heterocycles. The SMILES string of the molecule is CN=C(NCc1nc(C)c(C)o1)NCC(c1ccccc1)N1CCC(C)CC1. The molecule has 1 aromatic heterocycles. The molecule has 1 aliphatic rings. The van der Waals surface area contributed by atoms with Crippen LogP contribution in [0.25, 0.3) is 0 Å². The molecule has 6 nitrogen and oxygen atoms in total. The number of hydrogen-bond donors (Lipinski definition) is 2. The highest BCUT2D eigenvalue weighted by atomic mass is 16.4. The number of aromatic nitrogens is 1. The molecule has 2 heterocycles. The Morgan fingerprint density at radius 2 is 1.93 bits per heavy atom. The van der Waals surface area contributed by atoms with Crippen LogP contribution in [0.1, 0.15) is 48.7 Å². The fraction of sp³-hybridized carbons (Fsp3) is 0.545. The highest BCUT2D eigenvalue weighted by Gasteiger charge is 2.24. The first-order valence-corrected chi connectivity index (χ1v) is 10.2. The van der Waals surface area contributed by atoms with Gasteiger partial charge in [0.2, 0.25) is 5.89 Å². The van der Waals surface area contributed by atoms with E-state index in [1.807, 2.05) is 13.8 Å². The lowest BCUT2D eigenvalue weighted by atomic mass is 9.95. The minimum atomic E-state index is 0.332. The quantitative estimate of drug-likeness (QED) is 0.591. The minimum Gasteiger partial charge on any atom is -0.444 e. The van der Waals surface area contributed by atoms with Gasteiger partial charge in [0.1, 0.15) is 5.76 Å². The summed E-state index contributed by atoms with van der Waals surface area (Å²) in [4.78, 5) is 11.4. The van der Waals surface area contributed by atoms with Crippen molar-refractivity contribution in [3.63, 3.8) is 0 Å². The van der Waals surface area contributed by atoms with Crippen LogP contribution in [-0.4, -0.2) is 42.5 Å². The Morgan fingerprint density at radius 1 is 1.21 bits per heavy atom. The zero-order valence-corrected chi connectivity index (χ0v) is 17.5. The molecule has 0 spiro atoms. The Morgan fingerprint density at radius 3 is 2.54 bits per heavy atom. The summed E-state index contributed by atoms with van der Waals surface area (Å²) in [5, 5.41) is 6.80. The van der Waals surface area contributed by atoms with Gasteiger partial charge in [-0.05, 0) is 51.3 Å². The molecule has 0 radical (unpaired) electrons. The highest BCUT2D eigenvalue weighted by Crippen LogP contribution is 2.26. The average Bonchev–Trinajstić information content (AvgIpc) is 3.04. The summed E-state index contributed by atoms with van der Waals surface area (Å²) in [5.74, 6) is 3.13. The number of benzene rings is 1. The topological polar surface area (TPSA) is 65.7 Å². The second kappa shape index (κ2) is 9.73. The summed E-state index contributed by atoms with van der Waals surface area (Å²) < 4.78 is 5.64. The number of rotatable bonds is 6. The maximum absolute atomic E-state index is 5.64. The average molecular weight is 384 g/mol. The molecule has 28 heavy (non-hydrogen) atoms. The van der Waals surface area contributed by atoms with Crippen molar-refractivity contribution in [2.75, 3.05) is 26.7 Å². The zero-order chi connectivity index (χ0) is 19.9. The van der Waals surface area contributed by atoms with Gasteiger partial charge in [-0.1, -0.05) is 37.3 Å². The Labute approximate surface area is 168 Å². The Hall–Kier alpha value is -2.34. The van der Waals surface area contributed by atoms with Gasteiger partial charge in [-0.2, -0.15) is 0 Å². The first-order valence-electron chi connectivity index (χ1n) is 10.2. The van der Waals surface area contributed by atoms with Crippen LogP contribution in [0.3, 0.4) is 0 Å². The van der Waals surface area contributed by atoms with E-state index in [0.717, 1.165) is 43.0 Å². The third kappa shape index (κ3) is 5.35. The number of hydrogen-bond acceptors (Lipinski definition) is 4. The van der Waals surface area contributed by atoms with Crippen LogP contribution < -0.4 is 10.6 Å². The largest absolute Gasteiger partial charge is 0.444 e. The molecule has 2 N–H and O–H groups in total. The van der Waals surface area contributed by atoms with Crippen LogP contribution in [0.5, 0.6) is 0 Å². The third-order valence-electron chi connectivity index (χ3n) is 5.61. The highest BCUT2D eigenvalue weighted by molar-refractivity contribution is 5.79. The molecule has 152 valence electrons. The van der Waals surface area contributed by atoms with Crippen molar-refractivity contribution in [3.05, 3.63) is 53.2 Å². The summed E-state index contributed by atoms with van der Waals surface area (Å²) in [6.07, 6.45) is 2.53. The Bertz CT molecular complexity index is 743. The van der Waals surface area contributed by atoms with Crippen LogP contribution in [0, 0.1) is 19.8 Å². The van der Waals surface area contributed by atoms with Gasteiger partial charge in [0.05, 0.1) is 18.3 Å². The van der Waals surface area contributed by atoms with Gasteiger partial charge in [0, 0.05) is 13.6 Å². The molecule has 1 aromatic carbocycles. The molecule has 2 aromatic rings. The molecule has 0 amide bonds. The summed E-state index contributed by atoms with van der Waals surface area (Å²) in [6, 6.07) is 11.1. The summed E-state index contributed by atoms with van der Waals surface area (Å²) in [5.41, 5.74) is 2.28. The van der Waals surface area contributed by atoms with Gasteiger partial charge in [-0.3, -0.25) is 9.89 Å². The number of aryl methyl sites for hydroxylation is 2. The van der Waals surface area contributed by atoms with Crippen LogP contribution >= 0.6 is 0 Å². The molecular formula is C22H33N5O. The molecule has 6 heteroatoms. The van der Waals surface area contributed by atoms with E-state index in [4.69, 9.17) is 4.42 Å². The van der Waals surface area contributed by atoms with Crippen molar-refractivity contribution in [2.24, 2.45) is 10.9 Å². The summed E-state index contributed by atoms with van der Waals surface area (Å²) >= 11 is 0. The summed E-state index contributed by atoms with van der Waals surface area (Å²) in [6.45, 7) is 9.85. The van der Waals surface area contributed by atoms with Crippen molar-refractivity contribution in [3.8, 4) is 0 Å². The van der Waals surface area contributed by atoms with E-state index in [-0.39, 0.29) is 0 Å². The molecule has 1 fully saturated rings. The van der Waals surface area contributed by atoms with E-state index in [1.165, 1.54) is 18.4 Å². The van der Waals surface area contributed by atoms with Gasteiger partial charge in [0.25, 0.3) is 0 Å². The maximum Gasteiger partial charge on any atom is 0.214 e. The van der Waals surface area contributed by atoms with Gasteiger partial charge in [-0.25, -0.2) is 4.98 Å². The van der Waals surface area contributed by atoms with Gasteiger partial charge in [-0.15, -0.1) is 0 Å². The number of nitrogens with zero attached hydrogens (tertiary/aromatic N) is 3. The lowest BCUT2D eigenvalue weighted by Gasteiger charge is -2.37. The lowest BCUT2D eigenvalue weighted by molar-refractivity contribution is 0.138. The Balaban J connectivity index is 1.61. The number of oxazole rings is 1. The zero-order valence-electron chi connectivity index (χ0n) is 17.5. The molecule has 1 atom stereocenters. The second-order valence-electron chi connectivity index (χ2n) is 7.70. The van der Waals surface area contributed by atoms with Crippen LogP contribution in [0.4, 0.5) is 0 Å². The maximum atomic E-state index is 5.64. The molecule has 0 saturated carbocycles. The molecule has 1 aliphatic heterocycles. The van der Waals surface area contributed by atoms with E-state index in [9.17, 15) is 0 Å². The van der Waals surface area contributed by atoms with E-state index >= 15 is 0 Å². The van der Waals surface area contributed by atoms with E-state index in [1.54, 1.807) is 7.05 Å². The van der Waals surface area contributed by atoms with Gasteiger partial charge >= 0.3 is 0 Å². The molecule has 1 unspecified atom stereocenters. The number of piperidine rings is 1. The predicted molar refractivity (Wildman–Crippen MR) is 113 cm³/mol. The fourth-order valence-electron chi connectivity index (χ4n) is 3.66. The van der Waals surface area contributed by atoms with Crippen molar-refractivity contribution >= 4 is 5.96 Å². The van der Waals surface area contributed by atoms with Crippen LogP contribution in [-0.2, 0) is 6.54 Å². The first-order chi connectivity index (χ1) is 13.6. The van der Waals surface area contributed by atoms with Gasteiger partial charge < -0.3 is 15.1 Å². The number of nitrogens with one attached hydrogen (secondary N) is 2. The number of likely N-dealkylation sites (tertiary alicyclic amines) is 1. The van der Waals surface area contributed by atoms with E-state index in [2.05, 4.69) is 62.8 Å². The van der Waals surface area contributed by atoms with E-state index in [0.29, 0.717) is 18.5 Å². The van der Waals surface area contributed by atoms with Crippen molar-refractivity contribution in [1.82, 2.24) is 20.5 Å². The number of guanidine groups is 1. The monoisotopic (exact) mass is 383 g/mol. The van der Waals surface area contributed by atoms with Crippen molar-refractivity contribution in [2.45, 2.75) is 46.2 Å². The second-order valence-corrected chi connectivity index (χ2v) is 7.70. The minimum absolute atomic E-state index is 0.332. The van der Waals surface area contributed by atoms with E-state index < -0.39 is 0 Å². The molecule has 0 aliphatic carbocycles. The number of aliphatic imine (C=N–C) groups is 1.